The largest absolute Gasteiger partial charge is 1.00 e. The van der Waals surface area contributed by atoms with Crippen molar-refractivity contribution in [1.82, 2.24) is 5.32 Å². The Bertz CT molecular complexity index is 1750. The first-order valence-corrected chi connectivity index (χ1v) is 18.0. The predicted molar refractivity (Wildman–Crippen MR) is 183 cm³/mol. The van der Waals surface area contributed by atoms with Gasteiger partial charge < -0.3 is 27.6 Å². The molecule has 2 N–H and O–H groups in total. The van der Waals surface area contributed by atoms with Gasteiger partial charge in [-0.3, -0.25) is 0 Å². The number of benzene rings is 4. The molecule has 0 saturated carbocycles. The van der Waals surface area contributed by atoms with Crippen molar-refractivity contribution in [3.63, 3.8) is 0 Å². The average molecular weight is 864 g/mol. The normalized spacial score (nSPS) is 13.6. The van der Waals surface area contributed by atoms with Crippen LogP contribution in [0.15, 0.2) is 97.1 Å². The number of hydrogen-bond acceptors (Lipinski definition) is 1. The van der Waals surface area contributed by atoms with Crippen LogP contribution in [0.3, 0.4) is 0 Å². The highest BCUT2D eigenvalue weighted by Crippen LogP contribution is 2.61. The van der Waals surface area contributed by atoms with E-state index in [1.165, 1.54) is 0 Å². The third-order valence-electron chi connectivity index (χ3n) is 8.29. The van der Waals surface area contributed by atoms with Crippen LogP contribution in [0, 0.1) is 5.41 Å². The van der Waals surface area contributed by atoms with E-state index in [9.17, 15) is 52.7 Å². The second-order valence-electron chi connectivity index (χ2n) is 13.2. The van der Waals surface area contributed by atoms with E-state index in [1.54, 1.807) is 81.4 Å². The Morgan fingerprint density at radius 1 is 0.585 bits per heavy atom. The number of alkyl halides is 12. The Balaban J connectivity index is 0.00000756. The quantitative estimate of drug-likeness (QED) is 0.106. The first kappa shape index (κ1) is 44.0. The van der Waals surface area contributed by atoms with E-state index in [0.29, 0.717) is 34.9 Å². The maximum Gasteiger partial charge on any atom is 0.416 e. The molecule has 0 amide bonds. The fourth-order valence-electron chi connectivity index (χ4n) is 5.66. The number of halogens is 13. The average Bonchev–Trinajstić information content (AvgIpc) is 3.02. The molecule has 0 fully saturated rings. The Labute approximate surface area is 314 Å². The molecule has 0 aromatic heterocycles. The summed E-state index contributed by atoms with van der Waals surface area (Å²) in [5.41, 5.74) is -7.74. The number of nitrogens with one attached hydrogen (secondary N) is 2. The smallest absolute Gasteiger partial charge is 0.416 e. The molecule has 0 unspecified atom stereocenters. The Kier molecular flexibility index (Phi) is 13.4. The molecular weight excluding hydrogens is 831 g/mol. The Hall–Kier alpha value is -3.36. The summed E-state index contributed by atoms with van der Waals surface area (Å²) in [5.74, 6) is 0. The van der Waals surface area contributed by atoms with Gasteiger partial charge in [0.25, 0.3) is 0 Å². The SMILES string of the molecule is CC(C)(C)[C@@H](C[P+](Cc1cc(C(F)(F)F)cc(C(F)(F)F)c1)(c1ccccc1)c1ccccc1)NC(=S)Nc1cc(C(F)(F)F)cc(C(F)(F)F)c1.[Br-]. The summed E-state index contributed by atoms with van der Waals surface area (Å²) in [7, 11) is -3.10. The zero-order valence-corrected chi connectivity index (χ0v) is 31.3. The van der Waals surface area contributed by atoms with Crippen LogP contribution in [-0.2, 0) is 30.9 Å². The molecule has 17 heteroatoms. The van der Waals surface area contributed by atoms with Crippen molar-refractivity contribution in [1.29, 1.82) is 0 Å². The fraction of sp³-hybridized carbons (Fsp3) is 0.306. The molecule has 0 spiro atoms. The summed E-state index contributed by atoms with van der Waals surface area (Å²) in [4.78, 5) is 0. The van der Waals surface area contributed by atoms with Crippen LogP contribution < -0.4 is 38.2 Å². The molecule has 0 bridgehead atoms. The van der Waals surface area contributed by atoms with Gasteiger partial charge in [0.2, 0.25) is 0 Å². The van der Waals surface area contributed by atoms with Gasteiger partial charge in [0.1, 0.15) is 0 Å². The molecule has 0 aliphatic carbocycles. The molecule has 0 aliphatic rings. The summed E-state index contributed by atoms with van der Waals surface area (Å²) in [6.45, 7) is 5.28. The fourth-order valence-corrected chi connectivity index (χ4v) is 10.7. The molecule has 53 heavy (non-hydrogen) atoms. The first-order valence-electron chi connectivity index (χ1n) is 15.4. The van der Waals surface area contributed by atoms with Crippen molar-refractivity contribution in [3.8, 4) is 0 Å². The van der Waals surface area contributed by atoms with Gasteiger partial charge in [-0.15, -0.1) is 0 Å². The summed E-state index contributed by atoms with van der Waals surface area (Å²) < 4.78 is 165. The van der Waals surface area contributed by atoms with E-state index in [0.717, 1.165) is 0 Å². The van der Waals surface area contributed by atoms with Crippen LogP contribution in [0.2, 0.25) is 0 Å². The van der Waals surface area contributed by atoms with Crippen molar-refractivity contribution < 1.29 is 69.7 Å². The molecule has 288 valence electrons. The van der Waals surface area contributed by atoms with Crippen molar-refractivity contribution in [3.05, 3.63) is 125 Å². The zero-order valence-electron chi connectivity index (χ0n) is 28.0. The molecule has 4 rings (SSSR count). The van der Waals surface area contributed by atoms with Crippen molar-refractivity contribution in [2.24, 2.45) is 5.41 Å². The van der Waals surface area contributed by atoms with Gasteiger partial charge in [-0.2, -0.15) is 52.7 Å². The monoisotopic (exact) mass is 862 g/mol. The van der Waals surface area contributed by atoms with E-state index in [1.807, 2.05) is 0 Å². The van der Waals surface area contributed by atoms with Gasteiger partial charge in [-0.25, -0.2) is 0 Å². The molecule has 4 aromatic rings. The standard InChI is InChI=1S/C36H31F12N2PS.BrH/c1-32(2,3)30(50-31(52)49-27-18-25(35(43,44)45)17-26(19-27)36(46,47)48)21-51(28-10-6-4-7-11-28,29-12-8-5-9-13-29)20-22-14-23(33(37,38)39)16-24(15-22)34(40,41)42;/h4-19,30H,20-21H2,1-3H3,(H-,49,50,52);1H/t30-;/m1./s1. The summed E-state index contributed by atoms with van der Waals surface area (Å²) >= 11 is 5.40. The van der Waals surface area contributed by atoms with Gasteiger partial charge in [0.15, 0.2) is 5.11 Å². The van der Waals surface area contributed by atoms with E-state index in [-0.39, 0.29) is 52.1 Å². The lowest BCUT2D eigenvalue weighted by atomic mass is 9.88. The third-order valence-corrected chi connectivity index (χ3v) is 13.0. The maximum absolute atomic E-state index is 14.0. The summed E-state index contributed by atoms with van der Waals surface area (Å²) in [6, 6.07) is 18.5. The van der Waals surface area contributed by atoms with Gasteiger partial charge in [-0.05, 0) is 83.9 Å². The van der Waals surface area contributed by atoms with Crippen LogP contribution in [0.1, 0.15) is 48.6 Å². The van der Waals surface area contributed by atoms with E-state index in [4.69, 9.17) is 12.2 Å². The minimum Gasteiger partial charge on any atom is -1.00 e. The topological polar surface area (TPSA) is 24.1 Å². The van der Waals surface area contributed by atoms with Crippen molar-refractivity contribution in [2.75, 3.05) is 11.5 Å². The van der Waals surface area contributed by atoms with Crippen molar-refractivity contribution >= 4 is 40.9 Å². The van der Waals surface area contributed by atoms with Crippen LogP contribution in [-0.4, -0.2) is 17.3 Å². The molecule has 0 saturated heterocycles. The highest BCUT2D eigenvalue weighted by molar-refractivity contribution is 7.89. The molecule has 4 aromatic carbocycles. The highest BCUT2D eigenvalue weighted by atomic mass is 79.9. The van der Waals surface area contributed by atoms with Crippen molar-refractivity contribution in [2.45, 2.75) is 57.7 Å². The number of hydrogen-bond donors (Lipinski definition) is 2. The van der Waals surface area contributed by atoms with Gasteiger partial charge in [0, 0.05) is 5.69 Å². The lowest BCUT2D eigenvalue weighted by Crippen LogP contribution is -3.00. The number of anilines is 1. The molecular formula is C36H32BrF12N2PS. The summed E-state index contributed by atoms with van der Waals surface area (Å²) in [5, 5.41) is 6.30. The molecule has 1 atom stereocenters. The van der Waals surface area contributed by atoms with Gasteiger partial charge in [0.05, 0.1) is 58.5 Å². The van der Waals surface area contributed by atoms with Crippen LogP contribution in [0.25, 0.3) is 0 Å². The highest BCUT2D eigenvalue weighted by Gasteiger charge is 2.48. The number of rotatable bonds is 8. The second-order valence-corrected chi connectivity index (χ2v) is 17.3. The van der Waals surface area contributed by atoms with Gasteiger partial charge in [-0.1, -0.05) is 57.2 Å². The molecule has 0 aliphatic heterocycles. The Morgan fingerprint density at radius 2 is 0.943 bits per heavy atom. The zero-order chi connectivity index (χ0) is 38.9. The molecule has 2 nitrogen and oxygen atoms in total. The van der Waals surface area contributed by atoms with Crippen LogP contribution >= 0.6 is 19.5 Å². The maximum atomic E-state index is 14.0. The molecule has 0 heterocycles. The minimum atomic E-state index is -5.12. The van der Waals surface area contributed by atoms with E-state index < -0.39 is 71.4 Å². The van der Waals surface area contributed by atoms with Gasteiger partial charge >= 0.3 is 24.7 Å². The predicted octanol–water partition coefficient (Wildman–Crippen LogP) is 8.34. The number of thiocarbonyl (C=S) groups is 1. The van der Waals surface area contributed by atoms with Crippen LogP contribution in [0.4, 0.5) is 58.4 Å². The first-order chi connectivity index (χ1) is 23.8. The van der Waals surface area contributed by atoms with E-state index in [2.05, 4.69) is 10.6 Å². The Morgan fingerprint density at radius 3 is 1.28 bits per heavy atom. The minimum absolute atomic E-state index is 0. The second kappa shape index (κ2) is 16.2. The van der Waals surface area contributed by atoms with E-state index >= 15 is 0 Å². The third kappa shape index (κ3) is 11.3. The lowest BCUT2D eigenvalue weighted by Gasteiger charge is -2.38. The molecule has 0 radical (unpaired) electrons. The summed E-state index contributed by atoms with van der Waals surface area (Å²) in [6.07, 6.45) is -20.7. The van der Waals surface area contributed by atoms with Crippen LogP contribution in [0.5, 0.6) is 0 Å². The lowest BCUT2D eigenvalue weighted by molar-refractivity contribution is -0.144.